The van der Waals surface area contributed by atoms with Crippen molar-refractivity contribution in [3.8, 4) is 0 Å². The van der Waals surface area contributed by atoms with Crippen LogP contribution < -0.4 is 10.2 Å². The third kappa shape index (κ3) is 5.12. The highest BCUT2D eigenvalue weighted by Gasteiger charge is 2.34. The van der Waals surface area contributed by atoms with Gasteiger partial charge in [0.05, 0.1) is 11.3 Å². The minimum atomic E-state index is -4.46. The second-order valence-corrected chi connectivity index (χ2v) is 9.40. The standard InChI is InChI=1S/C26H23F3N2O2S/c1-16(2)17-8-12-22(13-9-17)31-23(32)15-34-25(31)19-4-3-5-21(14-19)30-24(33)18-6-10-20(11-7-18)26(27,28)29/h3-14,16,25H,15H2,1-2H3,(H,30,33). The van der Waals surface area contributed by atoms with E-state index in [1.807, 2.05) is 30.3 Å². The van der Waals surface area contributed by atoms with Crippen LogP contribution in [0, 0.1) is 0 Å². The van der Waals surface area contributed by atoms with Crippen LogP contribution in [0.3, 0.4) is 0 Å². The van der Waals surface area contributed by atoms with Gasteiger partial charge in [0.15, 0.2) is 0 Å². The first-order valence-electron chi connectivity index (χ1n) is 10.8. The van der Waals surface area contributed by atoms with Gasteiger partial charge >= 0.3 is 6.18 Å². The largest absolute Gasteiger partial charge is 0.416 e. The maximum Gasteiger partial charge on any atom is 0.416 e. The van der Waals surface area contributed by atoms with E-state index in [-0.39, 0.29) is 16.8 Å². The number of hydrogen-bond donors (Lipinski definition) is 1. The molecule has 2 amide bonds. The highest BCUT2D eigenvalue weighted by molar-refractivity contribution is 8.00. The normalized spacial score (nSPS) is 16.2. The zero-order valence-corrected chi connectivity index (χ0v) is 19.4. The van der Waals surface area contributed by atoms with Crippen molar-refractivity contribution in [2.75, 3.05) is 16.0 Å². The van der Waals surface area contributed by atoms with Gasteiger partial charge in [-0.05, 0) is 65.6 Å². The van der Waals surface area contributed by atoms with Crippen LogP contribution in [0.4, 0.5) is 24.5 Å². The molecule has 3 aromatic carbocycles. The monoisotopic (exact) mass is 484 g/mol. The minimum Gasteiger partial charge on any atom is -0.322 e. The SMILES string of the molecule is CC(C)c1ccc(N2C(=O)CSC2c2cccc(NC(=O)c3ccc(C(F)(F)F)cc3)c2)cc1. The Morgan fingerprint density at radius 2 is 1.71 bits per heavy atom. The molecule has 1 N–H and O–H groups in total. The van der Waals surface area contributed by atoms with Crippen molar-refractivity contribution in [1.29, 1.82) is 0 Å². The summed E-state index contributed by atoms with van der Waals surface area (Å²) in [6, 6.07) is 19.2. The van der Waals surface area contributed by atoms with Gasteiger partial charge in [-0.2, -0.15) is 13.2 Å². The second-order valence-electron chi connectivity index (χ2n) is 8.33. The van der Waals surface area contributed by atoms with Crippen molar-refractivity contribution in [3.63, 3.8) is 0 Å². The van der Waals surface area contributed by atoms with Gasteiger partial charge in [0, 0.05) is 16.9 Å². The average Bonchev–Trinajstić information content (AvgIpc) is 3.20. The Labute approximate surface area is 200 Å². The van der Waals surface area contributed by atoms with E-state index in [0.29, 0.717) is 17.4 Å². The maximum absolute atomic E-state index is 12.8. The van der Waals surface area contributed by atoms with E-state index in [9.17, 15) is 22.8 Å². The number of benzene rings is 3. The van der Waals surface area contributed by atoms with Crippen molar-refractivity contribution in [1.82, 2.24) is 0 Å². The molecule has 0 aliphatic carbocycles. The lowest BCUT2D eigenvalue weighted by Crippen LogP contribution is -2.27. The fourth-order valence-electron chi connectivity index (χ4n) is 3.75. The number of rotatable bonds is 5. The molecule has 3 aromatic rings. The maximum atomic E-state index is 12.8. The highest BCUT2D eigenvalue weighted by atomic mass is 32.2. The molecule has 1 atom stereocenters. The lowest BCUT2D eigenvalue weighted by Gasteiger charge is -2.25. The Morgan fingerprint density at radius 1 is 1.03 bits per heavy atom. The first-order valence-corrected chi connectivity index (χ1v) is 11.8. The fraction of sp³-hybridized carbons (Fsp3) is 0.231. The minimum absolute atomic E-state index is 0.00601. The first kappa shape index (κ1) is 23.9. The van der Waals surface area contributed by atoms with Gasteiger partial charge < -0.3 is 5.32 Å². The molecule has 34 heavy (non-hydrogen) atoms. The molecule has 0 aromatic heterocycles. The number of amides is 2. The van der Waals surface area contributed by atoms with E-state index in [4.69, 9.17) is 0 Å². The third-order valence-electron chi connectivity index (χ3n) is 5.61. The summed E-state index contributed by atoms with van der Waals surface area (Å²) in [7, 11) is 0. The summed E-state index contributed by atoms with van der Waals surface area (Å²) in [5.41, 5.74) is 2.65. The molecule has 0 saturated carbocycles. The van der Waals surface area contributed by atoms with E-state index >= 15 is 0 Å². The Bertz CT molecular complexity index is 1190. The molecule has 1 saturated heterocycles. The van der Waals surface area contributed by atoms with Crippen LogP contribution in [-0.2, 0) is 11.0 Å². The summed E-state index contributed by atoms with van der Waals surface area (Å²) in [5, 5.41) is 2.48. The van der Waals surface area contributed by atoms with Crippen molar-refractivity contribution >= 4 is 35.0 Å². The fourth-order valence-corrected chi connectivity index (χ4v) is 4.92. The Morgan fingerprint density at radius 3 is 2.32 bits per heavy atom. The van der Waals surface area contributed by atoms with Crippen LogP contribution in [-0.4, -0.2) is 17.6 Å². The number of anilines is 2. The van der Waals surface area contributed by atoms with Gasteiger partial charge in [-0.3, -0.25) is 14.5 Å². The molecule has 1 unspecified atom stereocenters. The molecule has 176 valence electrons. The smallest absolute Gasteiger partial charge is 0.322 e. The summed E-state index contributed by atoms with van der Waals surface area (Å²) in [6.07, 6.45) is -4.46. The Hall–Kier alpha value is -3.26. The summed E-state index contributed by atoms with van der Waals surface area (Å²) in [5.74, 6) is 0.228. The second kappa shape index (κ2) is 9.54. The van der Waals surface area contributed by atoms with Crippen LogP contribution in [0.2, 0.25) is 0 Å². The number of nitrogens with one attached hydrogen (secondary N) is 1. The van der Waals surface area contributed by atoms with E-state index < -0.39 is 17.6 Å². The predicted octanol–water partition coefficient (Wildman–Crippen LogP) is 6.86. The Balaban J connectivity index is 1.53. The average molecular weight is 485 g/mol. The molecule has 0 spiro atoms. The number of alkyl halides is 3. The van der Waals surface area contributed by atoms with Gasteiger partial charge in [0.2, 0.25) is 5.91 Å². The van der Waals surface area contributed by atoms with E-state index in [2.05, 4.69) is 19.2 Å². The predicted molar refractivity (Wildman–Crippen MR) is 129 cm³/mol. The van der Waals surface area contributed by atoms with Crippen molar-refractivity contribution < 1.29 is 22.8 Å². The topological polar surface area (TPSA) is 49.4 Å². The van der Waals surface area contributed by atoms with Crippen LogP contribution in [0.25, 0.3) is 0 Å². The van der Waals surface area contributed by atoms with Gasteiger partial charge in [-0.15, -0.1) is 11.8 Å². The quantitative estimate of drug-likeness (QED) is 0.430. The number of thioether (sulfide) groups is 1. The number of hydrogen-bond acceptors (Lipinski definition) is 3. The van der Waals surface area contributed by atoms with E-state index in [0.717, 1.165) is 35.5 Å². The van der Waals surface area contributed by atoms with Gasteiger partial charge in [0.1, 0.15) is 5.37 Å². The van der Waals surface area contributed by atoms with E-state index in [1.165, 1.54) is 17.3 Å². The summed E-state index contributed by atoms with van der Waals surface area (Å²) in [4.78, 5) is 27.0. The molecule has 4 rings (SSSR count). The van der Waals surface area contributed by atoms with Crippen LogP contribution >= 0.6 is 11.8 Å². The number of carbonyl (C=O) groups is 2. The van der Waals surface area contributed by atoms with Gasteiger partial charge in [-0.25, -0.2) is 0 Å². The Kier molecular flexibility index (Phi) is 6.70. The lowest BCUT2D eigenvalue weighted by atomic mass is 10.0. The zero-order chi connectivity index (χ0) is 24.5. The molecular formula is C26H23F3N2O2S. The van der Waals surface area contributed by atoms with Crippen LogP contribution in [0.5, 0.6) is 0 Å². The van der Waals surface area contributed by atoms with Gasteiger partial charge in [0.25, 0.3) is 5.91 Å². The highest BCUT2D eigenvalue weighted by Crippen LogP contribution is 2.42. The van der Waals surface area contributed by atoms with Crippen LogP contribution in [0.1, 0.15) is 52.2 Å². The van der Waals surface area contributed by atoms with Crippen LogP contribution in [0.15, 0.2) is 72.8 Å². The molecule has 8 heteroatoms. The number of halogens is 3. The zero-order valence-electron chi connectivity index (χ0n) is 18.6. The van der Waals surface area contributed by atoms with Gasteiger partial charge in [-0.1, -0.05) is 38.1 Å². The summed E-state index contributed by atoms with van der Waals surface area (Å²) >= 11 is 1.50. The summed E-state index contributed by atoms with van der Waals surface area (Å²) < 4.78 is 38.3. The van der Waals surface area contributed by atoms with E-state index in [1.54, 1.807) is 23.1 Å². The summed E-state index contributed by atoms with van der Waals surface area (Å²) in [6.45, 7) is 4.22. The van der Waals surface area contributed by atoms with Crippen molar-refractivity contribution in [2.45, 2.75) is 31.3 Å². The number of carbonyl (C=O) groups excluding carboxylic acids is 2. The molecular weight excluding hydrogens is 461 g/mol. The molecule has 1 heterocycles. The molecule has 1 aliphatic heterocycles. The third-order valence-corrected chi connectivity index (χ3v) is 6.82. The van der Waals surface area contributed by atoms with Crippen molar-refractivity contribution in [3.05, 3.63) is 95.1 Å². The molecule has 0 radical (unpaired) electrons. The molecule has 1 aliphatic rings. The first-order chi connectivity index (χ1) is 16.1. The molecule has 1 fully saturated rings. The van der Waals surface area contributed by atoms with Crippen molar-refractivity contribution in [2.24, 2.45) is 0 Å². The number of nitrogens with zero attached hydrogens (tertiary/aromatic N) is 1. The molecule has 0 bridgehead atoms. The molecule has 4 nitrogen and oxygen atoms in total. The lowest BCUT2D eigenvalue weighted by molar-refractivity contribution is -0.137.